The van der Waals surface area contributed by atoms with Gasteiger partial charge in [0.05, 0.1) is 6.04 Å². The summed E-state index contributed by atoms with van der Waals surface area (Å²) < 4.78 is 13.8. The van der Waals surface area contributed by atoms with Crippen LogP contribution in [-0.2, 0) is 6.54 Å². The second-order valence-electron chi connectivity index (χ2n) is 4.94. The molecule has 0 unspecified atom stereocenters. The highest BCUT2D eigenvalue weighted by atomic mass is 19.1. The molecule has 0 amide bonds. The summed E-state index contributed by atoms with van der Waals surface area (Å²) in [6, 6.07) is 7.19. The number of likely N-dealkylation sites (tertiary alicyclic amines) is 1. The van der Waals surface area contributed by atoms with Gasteiger partial charge >= 0.3 is 0 Å². The summed E-state index contributed by atoms with van der Waals surface area (Å²) in [5.41, 5.74) is 0.744. The summed E-state index contributed by atoms with van der Waals surface area (Å²) in [5.74, 6) is 0.750. The van der Waals surface area contributed by atoms with Crippen molar-refractivity contribution in [1.82, 2.24) is 20.1 Å². The fourth-order valence-electron chi connectivity index (χ4n) is 2.71. The van der Waals surface area contributed by atoms with Crippen molar-refractivity contribution in [3.63, 3.8) is 0 Å². The van der Waals surface area contributed by atoms with E-state index in [1.807, 2.05) is 12.1 Å². The molecule has 1 fully saturated rings. The third kappa shape index (κ3) is 2.66. The number of aromatic amines is 1. The molecule has 19 heavy (non-hydrogen) atoms. The largest absolute Gasteiger partial charge is 0.289 e. The van der Waals surface area contributed by atoms with Gasteiger partial charge in [-0.1, -0.05) is 24.6 Å². The molecule has 0 aliphatic carbocycles. The van der Waals surface area contributed by atoms with Gasteiger partial charge < -0.3 is 0 Å². The lowest BCUT2D eigenvalue weighted by molar-refractivity contribution is 0.132. The second-order valence-corrected chi connectivity index (χ2v) is 4.94. The zero-order valence-corrected chi connectivity index (χ0v) is 10.7. The van der Waals surface area contributed by atoms with Gasteiger partial charge in [0.1, 0.15) is 18.0 Å². The Bertz CT molecular complexity index is 526. The molecule has 0 bridgehead atoms. The van der Waals surface area contributed by atoms with E-state index >= 15 is 0 Å². The van der Waals surface area contributed by atoms with Gasteiger partial charge in [-0.2, -0.15) is 5.10 Å². The van der Waals surface area contributed by atoms with Crippen LogP contribution in [0.25, 0.3) is 0 Å². The third-order valence-corrected chi connectivity index (χ3v) is 3.69. The lowest BCUT2D eigenvalue weighted by atomic mass is 10.0. The Morgan fingerprint density at radius 1 is 1.32 bits per heavy atom. The lowest BCUT2D eigenvalue weighted by Crippen LogP contribution is -2.33. The van der Waals surface area contributed by atoms with E-state index in [0.29, 0.717) is 6.54 Å². The highest BCUT2D eigenvalue weighted by Gasteiger charge is 2.26. The van der Waals surface area contributed by atoms with Crippen molar-refractivity contribution in [3.8, 4) is 0 Å². The monoisotopic (exact) mass is 260 g/mol. The van der Waals surface area contributed by atoms with Gasteiger partial charge in [0.15, 0.2) is 0 Å². The number of nitrogens with one attached hydrogen (secondary N) is 1. The minimum absolute atomic E-state index is 0.135. The average Bonchev–Trinajstić information content (AvgIpc) is 2.96. The summed E-state index contributed by atoms with van der Waals surface area (Å²) in [6.07, 6.45) is 4.91. The molecule has 0 spiro atoms. The molecule has 1 atom stereocenters. The van der Waals surface area contributed by atoms with E-state index in [2.05, 4.69) is 20.1 Å². The maximum absolute atomic E-state index is 13.8. The quantitative estimate of drug-likeness (QED) is 0.922. The van der Waals surface area contributed by atoms with Crippen LogP contribution in [0.15, 0.2) is 30.6 Å². The molecule has 1 aromatic heterocycles. The molecule has 2 aromatic rings. The maximum atomic E-state index is 13.8. The summed E-state index contributed by atoms with van der Waals surface area (Å²) >= 11 is 0. The molecule has 3 rings (SSSR count). The standard InChI is InChI=1S/C14H17FN4/c15-12-6-2-1-5-11(12)9-19-8-4-3-7-13(19)14-16-10-17-18-14/h1-2,5-6,10,13H,3-4,7-9H2,(H,16,17,18)/t13-/m1/s1. The van der Waals surface area contributed by atoms with Crippen LogP contribution in [0, 0.1) is 5.82 Å². The Morgan fingerprint density at radius 3 is 3.00 bits per heavy atom. The number of nitrogens with zero attached hydrogens (tertiary/aromatic N) is 3. The van der Waals surface area contributed by atoms with Crippen molar-refractivity contribution in [2.24, 2.45) is 0 Å². The van der Waals surface area contributed by atoms with Crippen LogP contribution in [0.4, 0.5) is 4.39 Å². The number of hydrogen-bond donors (Lipinski definition) is 1. The molecule has 1 aromatic carbocycles. The normalized spacial score (nSPS) is 20.6. The predicted molar refractivity (Wildman–Crippen MR) is 69.8 cm³/mol. The third-order valence-electron chi connectivity index (χ3n) is 3.69. The first-order valence-electron chi connectivity index (χ1n) is 6.67. The average molecular weight is 260 g/mol. The van der Waals surface area contributed by atoms with Crippen molar-refractivity contribution < 1.29 is 4.39 Å². The van der Waals surface area contributed by atoms with Crippen LogP contribution in [0.3, 0.4) is 0 Å². The van der Waals surface area contributed by atoms with Crippen molar-refractivity contribution in [2.75, 3.05) is 6.54 Å². The van der Waals surface area contributed by atoms with Crippen LogP contribution in [0.5, 0.6) is 0 Å². The molecule has 1 N–H and O–H groups in total. The lowest BCUT2D eigenvalue weighted by Gasteiger charge is -2.34. The summed E-state index contributed by atoms with van der Waals surface area (Å²) in [5, 5.41) is 6.86. The van der Waals surface area contributed by atoms with Crippen molar-refractivity contribution in [3.05, 3.63) is 47.8 Å². The first-order chi connectivity index (χ1) is 9.34. The zero-order chi connectivity index (χ0) is 13.1. The fourth-order valence-corrected chi connectivity index (χ4v) is 2.71. The number of hydrogen-bond acceptors (Lipinski definition) is 3. The van der Waals surface area contributed by atoms with Crippen molar-refractivity contribution in [1.29, 1.82) is 0 Å². The fraction of sp³-hybridized carbons (Fsp3) is 0.429. The Kier molecular flexibility index (Phi) is 3.55. The molecular weight excluding hydrogens is 243 g/mol. The number of halogens is 1. The SMILES string of the molecule is Fc1ccccc1CN1CCCC[C@@H]1c1ncn[nH]1. The smallest absolute Gasteiger partial charge is 0.141 e. The van der Waals surface area contributed by atoms with Crippen LogP contribution in [-0.4, -0.2) is 26.6 Å². The molecule has 0 radical (unpaired) electrons. The predicted octanol–water partition coefficient (Wildman–Crippen LogP) is 2.67. The number of rotatable bonds is 3. The summed E-state index contributed by atoms with van der Waals surface area (Å²) in [4.78, 5) is 6.53. The molecule has 2 heterocycles. The molecule has 0 saturated carbocycles. The molecule has 4 nitrogen and oxygen atoms in total. The number of H-pyrrole nitrogens is 1. The minimum Gasteiger partial charge on any atom is -0.289 e. The van der Waals surface area contributed by atoms with E-state index < -0.39 is 0 Å². The van der Waals surface area contributed by atoms with E-state index in [4.69, 9.17) is 0 Å². The second kappa shape index (κ2) is 5.48. The number of benzene rings is 1. The van der Waals surface area contributed by atoms with Gasteiger partial charge in [-0.3, -0.25) is 10.00 Å². The Hall–Kier alpha value is -1.75. The Balaban J connectivity index is 1.80. The van der Waals surface area contributed by atoms with E-state index in [1.165, 1.54) is 18.8 Å². The first kappa shape index (κ1) is 12.3. The van der Waals surface area contributed by atoms with Crippen molar-refractivity contribution in [2.45, 2.75) is 31.8 Å². The highest BCUT2D eigenvalue weighted by molar-refractivity contribution is 5.17. The maximum Gasteiger partial charge on any atom is 0.141 e. The zero-order valence-electron chi connectivity index (χ0n) is 10.7. The van der Waals surface area contributed by atoms with E-state index in [0.717, 1.165) is 30.8 Å². The van der Waals surface area contributed by atoms with Gasteiger partial charge in [-0.05, 0) is 25.5 Å². The molecule has 1 aliphatic heterocycles. The summed E-state index contributed by atoms with van der Waals surface area (Å²) in [7, 11) is 0. The van der Waals surface area contributed by atoms with Gasteiger partial charge in [0.2, 0.25) is 0 Å². The Morgan fingerprint density at radius 2 is 2.21 bits per heavy atom. The van der Waals surface area contributed by atoms with Gasteiger partial charge in [0.25, 0.3) is 0 Å². The van der Waals surface area contributed by atoms with E-state index in [-0.39, 0.29) is 11.9 Å². The van der Waals surface area contributed by atoms with Gasteiger partial charge in [-0.25, -0.2) is 9.37 Å². The molecule has 1 saturated heterocycles. The van der Waals surface area contributed by atoms with Crippen LogP contribution in [0.2, 0.25) is 0 Å². The van der Waals surface area contributed by atoms with Gasteiger partial charge in [-0.15, -0.1) is 0 Å². The van der Waals surface area contributed by atoms with E-state index in [9.17, 15) is 4.39 Å². The van der Waals surface area contributed by atoms with E-state index in [1.54, 1.807) is 6.07 Å². The highest BCUT2D eigenvalue weighted by Crippen LogP contribution is 2.30. The first-order valence-corrected chi connectivity index (χ1v) is 6.67. The van der Waals surface area contributed by atoms with Gasteiger partial charge in [0, 0.05) is 12.1 Å². The van der Waals surface area contributed by atoms with Crippen LogP contribution < -0.4 is 0 Å². The van der Waals surface area contributed by atoms with Crippen molar-refractivity contribution >= 4 is 0 Å². The molecule has 1 aliphatic rings. The topological polar surface area (TPSA) is 44.8 Å². The molecule has 100 valence electrons. The van der Waals surface area contributed by atoms with Crippen LogP contribution >= 0.6 is 0 Å². The minimum atomic E-state index is -0.135. The van der Waals surface area contributed by atoms with Crippen LogP contribution in [0.1, 0.15) is 36.7 Å². The number of aromatic nitrogens is 3. The Labute approximate surface area is 111 Å². The molecule has 5 heteroatoms. The number of piperidine rings is 1. The summed E-state index contributed by atoms with van der Waals surface area (Å²) in [6.45, 7) is 1.59. The molecular formula is C14H17FN4.